The average molecular weight is 616 g/mol. The van der Waals surface area contributed by atoms with Crippen LogP contribution in [0.2, 0.25) is 10.0 Å². The highest BCUT2D eigenvalue weighted by atomic mass is 35.5. The van der Waals surface area contributed by atoms with Gasteiger partial charge in [-0.15, -0.1) is 30.6 Å². The van der Waals surface area contributed by atoms with Crippen molar-refractivity contribution in [2.45, 2.75) is 24.2 Å². The number of rotatable bonds is 6. The van der Waals surface area contributed by atoms with E-state index in [9.17, 15) is 9.59 Å². The summed E-state index contributed by atoms with van der Waals surface area (Å²) in [5.41, 5.74) is 0.754. The first-order chi connectivity index (χ1) is 19.2. The molecule has 0 aliphatic carbocycles. The zero-order valence-electron chi connectivity index (χ0n) is 21.5. The second kappa shape index (κ2) is 11.4. The Hall–Kier alpha value is -3.72. The van der Waals surface area contributed by atoms with Gasteiger partial charge in [0.25, 0.3) is 11.1 Å². The van der Waals surface area contributed by atoms with Crippen molar-refractivity contribution in [2.24, 2.45) is 10.2 Å². The van der Waals surface area contributed by atoms with Gasteiger partial charge in [-0.3, -0.25) is 9.59 Å². The third-order valence-corrected chi connectivity index (χ3v) is 7.39. The lowest BCUT2D eigenvalue weighted by Gasteiger charge is -2.45. The third-order valence-electron chi connectivity index (χ3n) is 5.65. The number of benzene rings is 2. The van der Waals surface area contributed by atoms with E-state index in [1.807, 2.05) is 0 Å². The SMILES string of the molecule is CSc1nnc(C)c(=O)n1N=C1N(c2ccc(Cl)cc2)C(=Nn2c(SC)nnc(C)c2=O)N1c1ccc(Cl)cc1. The Morgan fingerprint density at radius 3 is 1.30 bits per heavy atom. The maximum absolute atomic E-state index is 13.1. The number of nitrogens with zero attached hydrogens (tertiary/aromatic N) is 10. The van der Waals surface area contributed by atoms with Crippen molar-refractivity contribution in [1.82, 2.24) is 29.7 Å². The minimum atomic E-state index is -0.431. The lowest BCUT2D eigenvalue weighted by molar-refractivity contribution is 0.622. The number of guanidine groups is 2. The topological polar surface area (TPSA) is 127 Å². The van der Waals surface area contributed by atoms with Crippen LogP contribution in [0.3, 0.4) is 0 Å². The molecule has 0 N–H and O–H groups in total. The normalized spacial score (nSPS) is 12.9. The first-order valence-corrected chi connectivity index (χ1v) is 14.7. The molecule has 0 atom stereocenters. The Morgan fingerprint density at radius 1 is 0.625 bits per heavy atom. The van der Waals surface area contributed by atoms with E-state index < -0.39 is 11.1 Å². The van der Waals surface area contributed by atoms with Gasteiger partial charge in [0.05, 0.1) is 11.4 Å². The van der Waals surface area contributed by atoms with E-state index in [4.69, 9.17) is 33.4 Å². The fraction of sp³-hybridized carbons (Fsp3) is 0.167. The monoisotopic (exact) mass is 614 g/mol. The largest absolute Gasteiger partial charge is 0.296 e. The van der Waals surface area contributed by atoms with Crippen LogP contribution in [0.4, 0.5) is 11.4 Å². The molecule has 4 aromatic rings. The van der Waals surface area contributed by atoms with Crippen LogP contribution in [0.5, 0.6) is 0 Å². The van der Waals surface area contributed by atoms with Crippen molar-refractivity contribution >= 4 is 70.0 Å². The molecule has 0 unspecified atom stereocenters. The van der Waals surface area contributed by atoms with Gasteiger partial charge < -0.3 is 0 Å². The molecule has 12 nitrogen and oxygen atoms in total. The quantitative estimate of drug-likeness (QED) is 0.295. The van der Waals surface area contributed by atoms with Crippen LogP contribution < -0.4 is 20.9 Å². The van der Waals surface area contributed by atoms with Gasteiger partial charge in [0, 0.05) is 10.0 Å². The van der Waals surface area contributed by atoms with Gasteiger partial charge in [-0.05, 0) is 74.9 Å². The van der Waals surface area contributed by atoms with Crippen molar-refractivity contribution in [3.8, 4) is 0 Å². The minimum absolute atomic E-state index is 0.181. The van der Waals surface area contributed by atoms with E-state index in [0.29, 0.717) is 33.3 Å². The van der Waals surface area contributed by atoms with Gasteiger partial charge in [-0.2, -0.15) is 9.35 Å². The number of hydrogen-bond donors (Lipinski definition) is 0. The van der Waals surface area contributed by atoms with Gasteiger partial charge in [0.15, 0.2) is 0 Å². The van der Waals surface area contributed by atoms with Crippen molar-refractivity contribution in [3.63, 3.8) is 0 Å². The number of aromatic nitrogens is 6. The summed E-state index contributed by atoms with van der Waals surface area (Å²) in [6, 6.07) is 14.0. The van der Waals surface area contributed by atoms with Crippen molar-refractivity contribution in [2.75, 3.05) is 22.3 Å². The van der Waals surface area contributed by atoms with Gasteiger partial charge in [-0.25, -0.2) is 9.80 Å². The van der Waals surface area contributed by atoms with E-state index in [1.54, 1.807) is 84.7 Å². The van der Waals surface area contributed by atoms with E-state index in [1.165, 1.54) is 32.9 Å². The van der Waals surface area contributed by atoms with Crippen molar-refractivity contribution in [1.29, 1.82) is 0 Å². The molecule has 1 aliphatic rings. The summed E-state index contributed by atoms with van der Waals surface area (Å²) in [5, 5.41) is 27.2. The first-order valence-electron chi connectivity index (χ1n) is 11.5. The van der Waals surface area contributed by atoms with Crippen molar-refractivity contribution in [3.05, 3.63) is 90.7 Å². The molecule has 40 heavy (non-hydrogen) atoms. The maximum Gasteiger partial charge on any atom is 0.296 e. The van der Waals surface area contributed by atoms with Crippen LogP contribution >= 0.6 is 46.7 Å². The summed E-state index contributed by atoms with van der Waals surface area (Å²) in [6.45, 7) is 3.12. The number of aryl methyl sites for hydroxylation is 2. The van der Waals surface area contributed by atoms with Gasteiger partial charge in [-0.1, -0.05) is 46.7 Å². The second-order valence-electron chi connectivity index (χ2n) is 8.20. The predicted octanol–water partition coefficient (Wildman–Crippen LogP) is 3.92. The molecule has 5 rings (SSSR count). The van der Waals surface area contributed by atoms with Crippen LogP contribution in [0, 0.1) is 13.8 Å². The Balaban J connectivity index is 1.81. The van der Waals surface area contributed by atoms with Crippen LogP contribution in [0.25, 0.3) is 0 Å². The van der Waals surface area contributed by atoms with Crippen LogP contribution in [0.1, 0.15) is 11.4 Å². The van der Waals surface area contributed by atoms with E-state index >= 15 is 0 Å². The minimum Gasteiger partial charge on any atom is -0.265 e. The highest BCUT2D eigenvalue weighted by molar-refractivity contribution is 7.98. The summed E-state index contributed by atoms with van der Waals surface area (Å²) in [7, 11) is 0. The highest BCUT2D eigenvalue weighted by Crippen LogP contribution is 2.33. The standard InChI is InChI=1S/C24H20Cl2N10O2S2/c1-13-19(37)35(23(39-3)29-27-13)31-21-33(17-9-5-15(25)6-10-17)22(34(21)18-11-7-16(26)8-12-18)32-36-20(38)14(2)28-30-24(36)40-4/h5-12H,1-4H3. The Labute approximate surface area is 246 Å². The van der Waals surface area contributed by atoms with Gasteiger partial charge >= 0.3 is 0 Å². The summed E-state index contributed by atoms with van der Waals surface area (Å²) in [6.07, 6.45) is 3.54. The number of anilines is 2. The Kier molecular flexibility index (Phi) is 7.94. The summed E-state index contributed by atoms with van der Waals surface area (Å²) in [4.78, 5) is 29.6. The molecule has 16 heteroatoms. The van der Waals surface area contributed by atoms with Gasteiger partial charge in [0.2, 0.25) is 22.2 Å². The van der Waals surface area contributed by atoms with E-state index in [2.05, 4.69) is 20.4 Å². The molecule has 2 aromatic heterocycles. The molecular formula is C24H20Cl2N10O2S2. The molecule has 0 radical (unpaired) electrons. The molecule has 0 bridgehead atoms. The first kappa shape index (κ1) is 27.8. The molecule has 0 spiro atoms. The molecule has 0 amide bonds. The van der Waals surface area contributed by atoms with Crippen LogP contribution in [-0.2, 0) is 0 Å². The molecule has 204 valence electrons. The second-order valence-corrected chi connectivity index (χ2v) is 10.6. The average Bonchev–Trinajstić information content (AvgIpc) is 2.95. The Morgan fingerprint density at radius 2 is 0.975 bits per heavy atom. The highest BCUT2D eigenvalue weighted by Gasteiger charge is 2.43. The van der Waals surface area contributed by atoms with Crippen LogP contribution in [0.15, 0.2) is 78.6 Å². The predicted molar refractivity (Wildman–Crippen MR) is 159 cm³/mol. The van der Waals surface area contributed by atoms with Gasteiger partial charge in [0.1, 0.15) is 11.4 Å². The number of hydrogen-bond acceptors (Lipinski definition) is 10. The molecular weight excluding hydrogens is 595 g/mol. The molecule has 1 aliphatic heterocycles. The van der Waals surface area contributed by atoms with E-state index in [-0.39, 0.29) is 21.7 Å². The zero-order chi connectivity index (χ0) is 28.6. The smallest absolute Gasteiger partial charge is 0.265 e. The van der Waals surface area contributed by atoms with Crippen molar-refractivity contribution < 1.29 is 0 Å². The molecule has 1 fully saturated rings. The Bertz CT molecular complexity index is 1630. The zero-order valence-corrected chi connectivity index (χ0v) is 24.6. The lowest BCUT2D eigenvalue weighted by Crippen LogP contribution is -2.67. The molecule has 2 aromatic carbocycles. The maximum atomic E-state index is 13.1. The number of thioether (sulfide) groups is 2. The fourth-order valence-electron chi connectivity index (χ4n) is 3.65. The molecule has 1 saturated heterocycles. The van der Waals surface area contributed by atoms with E-state index in [0.717, 1.165) is 0 Å². The number of halogens is 2. The summed E-state index contributed by atoms with van der Waals surface area (Å²) >= 11 is 14.8. The molecule has 0 saturated carbocycles. The van der Waals surface area contributed by atoms with Crippen LogP contribution in [-0.4, -0.2) is 54.2 Å². The summed E-state index contributed by atoms with van der Waals surface area (Å²) < 4.78 is 2.37. The fourth-order valence-corrected chi connectivity index (χ4v) is 4.74. The molecule has 3 heterocycles. The summed E-state index contributed by atoms with van der Waals surface area (Å²) in [5.74, 6) is 0.594. The lowest BCUT2D eigenvalue weighted by atomic mass is 10.2. The third kappa shape index (κ3) is 5.10.